The molecule has 0 bridgehead atoms. The fraction of sp³-hybridized carbons (Fsp3) is 0.571. The Kier molecular flexibility index (Phi) is 3.36. The van der Waals surface area contributed by atoms with E-state index < -0.39 is 0 Å². The van der Waals surface area contributed by atoms with E-state index in [-0.39, 0.29) is 0 Å². The molecule has 0 spiro atoms. The molecule has 0 amide bonds. The van der Waals surface area contributed by atoms with Crippen molar-refractivity contribution < 1.29 is 0 Å². The van der Waals surface area contributed by atoms with Gasteiger partial charge in [0.25, 0.3) is 0 Å². The minimum absolute atomic E-state index is 0.770. The molecule has 3 heteroatoms. The van der Waals surface area contributed by atoms with Crippen LogP contribution in [0.15, 0.2) is 18.2 Å². The van der Waals surface area contributed by atoms with Crippen molar-refractivity contribution in [3.05, 3.63) is 28.8 Å². The number of benzene rings is 1. The molecule has 2 fully saturated rings. The fourth-order valence-corrected chi connectivity index (χ4v) is 3.34. The van der Waals surface area contributed by atoms with Gasteiger partial charge in [-0.3, -0.25) is 0 Å². The normalized spacial score (nSPS) is 19.4. The van der Waals surface area contributed by atoms with Crippen molar-refractivity contribution in [1.82, 2.24) is 0 Å². The molecule has 1 nitrogen and oxygen atoms in total. The third-order valence-electron chi connectivity index (χ3n) is 3.68. The molecule has 0 saturated heterocycles. The topological polar surface area (TPSA) is 3.24 Å². The average molecular weight is 315 g/mol. The van der Waals surface area contributed by atoms with Crippen LogP contribution in [0.1, 0.15) is 31.2 Å². The molecule has 0 heterocycles. The summed E-state index contributed by atoms with van der Waals surface area (Å²) in [6.07, 6.45) is 5.52. The van der Waals surface area contributed by atoms with Crippen molar-refractivity contribution in [2.75, 3.05) is 11.4 Å². The summed E-state index contributed by atoms with van der Waals surface area (Å²) in [6.45, 7) is 1.23. The maximum Gasteiger partial charge on any atom is 0.0467 e. The summed E-state index contributed by atoms with van der Waals surface area (Å²) in [5.74, 6) is 0.928. The third kappa shape index (κ3) is 2.63. The summed E-state index contributed by atoms with van der Waals surface area (Å²) in [5.41, 5.74) is 2.60. The maximum absolute atomic E-state index is 6.29. The van der Waals surface area contributed by atoms with E-state index in [0.29, 0.717) is 0 Å². The second kappa shape index (κ2) is 4.81. The number of alkyl halides is 1. The van der Waals surface area contributed by atoms with Gasteiger partial charge >= 0.3 is 0 Å². The fourth-order valence-electron chi connectivity index (χ4n) is 2.36. The molecular formula is C14H17BrClN. The van der Waals surface area contributed by atoms with Gasteiger partial charge in [-0.25, -0.2) is 0 Å². The van der Waals surface area contributed by atoms with Crippen molar-refractivity contribution >= 4 is 33.2 Å². The summed E-state index contributed by atoms with van der Waals surface area (Å²) in [5, 5.41) is 1.73. The lowest BCUT2D eigenvalue weighted by atomic mass is 10.1. The monoisotopic (exact) mass is 313 g/mol. The second-order valence-corrected chi connectivity index (χ2v) is 6.17. The lowest BCUT2D eigenvalue weighted by Crippen LogP contribution is -2.28. The predicted molar refractivity (Wildman–Crippen MR) is 77.2 cm³/mol. The zero-order valence-corrected chi connectivity index (χ0v) is 12.2. The largest absolute Gasteiger partial charge is 0.368 e. The lowest BCUT2D eigenvalue weighted by Gasteiger charge is -2.27. The molecule has 0 unspecified atom stereocenters. The summed E-state index contributed by atoms with van der Waals surface area (Å²) in [6, 6.07) is 7.06. The highest BCUT2D eigenvalue weighted by Crippen LogP contribution is 2.40. The molecule has 0 aromatic heterocycles. The Bertz CT molecular complexity index is 413. The summed E-state index contributed by atoms with van der Waals surface area (Å²) < 4.78 is 0. The molecule has 3 rings (SSSR count). The molecule has 0 N–H and O–H groups in total. The van der Waals surface area contributed by atoms with Gasteiger partial charge in [0.15, 0.2) is 0 Å². The van der Waals surface area contributed by atoms with Crippen molar-refractivity contribution in [3.8, 4) is 0 Å². The van der Waals surface area contributed by atoms with E-state index in [4.69, 9.17) is 11.6 Å². The predicted octanol–water partition coefficient (Wildman–Crippen LogP) is 4.61. The first-order valence-corrected chi connectivity index (χ1v) is 7.89. The number of nitrogens with zero attached hydrogens (tertiary/aromatic N) is 1. The van der Waals surface area contributed by atoms with E-state index in [1.54, 1.807) is 0 Å². The van der Waals surface area contributed by atoms with Crippen molar-refractivity contribution in [1.29, 1.82) is 0 Å². The smallest absolute Gasteiger partial charge is 0.0467 e. The minimum atomic E-state index is 0.770. The van der Waals surface area contributed by atoms with E-state index in [1.807, 2.05) is 6.07 Å². The van der Waals surface area contributed by atoms with Crippen LogP contribution >= 0.6 is 27.5 Å². The van der Waals surface area contributed by atoms with E-state index in [2.05, 4.69) is 33.0 Å². The van der Waals surface area contributed by atoms with Crippen LogP contribution in [0.5, 0.6) is 0 Å². The molecule has 2 aliphatic rings. The van der Waals surface area contributed by atoms with E-state index >= 15 is 0 Å². The van der Waals surface area contributed by atoms with Crippen LogP contribution in [-0.2, 0) is 5.33 Å². The second-order valence-electron chi connectivity index (χ2n) is 5.20. The van der Waals surface area contributed by atoms with Gasteiger partial charge in [0.1, 0.15) is 0 Å². The molecule has 2 aliphatic carbocycles. The first-order valence-electron chi connectivity index (χ1n) is 6.39. The molecule has 0 aliphatic heterocycles. The molecule has 92 valence electrons. The van der Waals surface area contributed by atoms with Crippen LogP contribution in [-0.4, -0.2) is 12.6 Å². The molecule has 1 aromatic carbocycles. The van der Waals surface area contributed by atoms with E-state index in [1.165, 1.54) is 43.5 Å². The van der Waals surface area contributed by atoms with Crippen LogP contribution in [0.3, 0.4) is 0 Å². The molecule has 2 saturated carbocycles. The molecule has 17 heavy (non-hydrogen) atoms. The highest BCUT2D eigenvalue weighted by molar-refractivity contribution is 9.08. The van der Waals surface area contributed by atoms with Gasteiger partial charge in [-0.2, -0.15) is 0 Å². The number of hydrogen-bond acceptors (Lipinski definition) is 1. The SMILES string of the molecule is Clc1cccc(N(CC2CC2)C2CC2)c1CBr. The Balaban J connectivity index is 1.90. The van der Waals surface area contributed by atoms with Gasteiger partial charge in [0.2, 0.25) is 0 Å². The van der Waals surface area contributed by atoms with Gasteiger partial charge < -0.3 is 4.90 Å². The summed E-state index contributed by atoms with van der Waals surface area (Å²) in [4.78, 5) is 2.60. The molecular weight excluding hydrogens is 298 g/mol. The third-order valence-corrected chi connectivity index (χ3v) is 4.59. The van der Waals surface area contributed by atoms with Crippen molar-refractivity contribution in [3.63, 3.8) is 0 Å². The van der Waals surface area contributed by atoms with E-state index in [9.17, 15) is 0 Å². The Hall–Kier alpha value is -0.210. The van der Waals surface area contributed by atoms with Gasteiger partial charge in [0, 0.05) is 34.2 Å². The van der Waals surface area contributed by atoms with Gasteiger partial charge in [-0.1, -0.05) is 33.6 Å². The van der Waals surface area contributed by atoms with Crippen LogP contribution in [0.2, 0.25) is 5.02 Å². The highest BCUT2D eigenvalue weighted by Gasteiger charge is 2.34. The van der Waals surface area contributed by atoms with Crippen molar-refractivity contribution in [2.45, 2.75) is 37.1 Å². The lowest BCUT2D eigenvalue weighted by molar-refractivity contribution is 0.717. The number of rotatable bonds is 5. The summed E-state index contributed by atoms with van der Waals surface area (Å²) in [7, 11) is 0. The number of halogens is 2. The van der Waals surface area contributed by atoms with Crippen molar-refractivity contribution in [2.24, 2.45) is 5.92 Å². The van der Waals surface area contributed by atoms with Crippen LogP contribution in [0.25, 0.3) is 0 Å². The van der Waals surface area contributed by atoms with Gasteiger partial charge in [-0.05, 0) is 43.7 Å². The first kappa shape index (κ1) is 11.9. The Morgan fingerprint density at radius 2 is 2.00 bits per heavy atom. The van der Waals surface area contributed by atoms with Gasteiger partial charge in [-0.15, -0.1) is 0 Å². The standard InChI is InChI=1S/C14H17BrClN/c15-8-12-13(16)2-1-3-14(12)17(11-6-7-11)9-10-4-5-10/h1-3,10-11H,4-9H2. The molecule has 1 aromatic rings. The Morgan fingerprint density at radius 1 is 1.24 bits per heavy atom. The van der Waals surface area contributed by atoms with E-state index in [0.717, 1.165) is 22.3 Å². The van der Waals surface area contributed by atoms with Crippen LogP contribution in [0, 0.1) is 5.92 Å². The highest BCUT2D eigenvalue weighted by atomic mass is 79.9. The minimum Gasteiger partial charge on any atom is -0.368 e. The van der Waals surface area contributed by atoms with Gasteiger partial charge in [0.05, 0.1) is 0 Å². The van der Waals surface area contributed by atoms with Crippen LogP contribution in [0.4, 0.5) is 5.69 Å². The average Bonchev–Trinajstić information content (AvgIpc) is 3.17. The zero-order chi connectivity index (χ0) is 11.8. The number of anilines is 1. The zero-order valence-electron chi connectivity index (χ0n) is 9.83. The van der Waals surface area contributed by atoms with Crippen LogP contribution < -0.4 is 4.90 Å². The maximum atomic E-state index is 6.29. The quantitative estimate of drug-likeness (QED) is 0.717. The molecule has 0 atom stereocenters. The Labute approximate surface area is 116 Å². The summed E-state index contributed by atoms with van der Waals surface area (Å²) >= 11 is 9.86. The molecule has 0 radical (unpaired) electrons. The first-order chi connectivity index (χ1) is 8.29. The Morgan fingerprint density at radius 3 is 2.59 bits per heavy atom. The number of hydrogen-bond donors (Lipinski definition) is 0.